The Kier molecular flexibility index (Phi) is 4.14. The van der Waals surface area contributed by atoms with Gasteiger partial charge in [-0.2, -0.15) is 0 Å². The fourth-order valence-electron chi connectivity index (χ4n) is 2.20. The van der Waals surface area contributed by atoms with E-state index in [0.29, 0.717) is 24.7 Å². The molecule has 7 nitrogen and oxygen atoms in total. The Labute approximate surface area is 140 Å². The van der Waals surface area contributed by atoms with Crippen LogP contribution in [0.3, 0.4) is 0 Å². The highest BCUT2D eigenvalue weighted by molar-refractivity contribution is 7.92. The summed E-state index contributed by atoms with van der Waals surface area (Å²) in [5, 5.41) is 0. The lowest BCUT2D eigenvalue weighted by Crippen LogP contribution is -2.17. The fourth-order valence-corrected chi connectivity index (χ4v) is 3.93. The van der Waals surface area contributed by atoms with Gasteiger partial charge in [0.25, 0.3) is 10.0 Å². The van der Waals surface area contributed by atoms with Gasteiger partial charge in [0.05, 0.1) is 15.5 Å². The number of sulfonamides is 1. The van der Waals surface area contributed by atoms with Crippen LogP contribution in [0.15, 0.2) is 52.3 Å². The van der Waals surface area contributed by atoms with Gasteiger partial charge < -0.3 is 9.47 Å². The number of rotatable bonds is 4. The van der Waals surface area contributed by atoms with E-state index in [-0.39, 0.29) is 15.5 Å². The number of nitrogens with one attached hydrogen (secondary N) is 1. The molecule has 0 aromatic heterocycles. The van der Waals surface area contributed by atoms with E-state index in [1.807, 2.05) is 0 Å². The van der Waals surface area contributed by atoms with E-state index in [1.165, 1.54) is 42.5 Å². The molecule has 1 aliphatic rings. The van der Waals surface area contributed by atoms with Gasteiger partial charge in [0.1, 0.15) is 13.2 Å². The van der Waals surface area contributed by atoms with Crippen molar-refractivity contribution in [2.45, 2.75) is 9.79 Å². The van der Waals surface area contributed by atoms with E-state index in [2.05, 4.69) is 4.72 Å². The lowest BCUT2D eigenvalue weighted by atomic mass is 10.3. The summed E-state index contributed by atoms with van der Waals surface area (Å²) in [6.07, 6.45) is 1.06. The molecule has 9 heteroatoms. The van der Waals surface area contributed by atoms with Gasteiger partial charge in [0.2, 0.25) is 0 Å². The van der Waals surface area contributed by atoms with E-state index in [0.717, 1.165) is 6.26 Å². The molecule has 0 fully saturated rings. The van der Waals surface area contributed by atoms with Gasteiger partial charge >= 0.3 is 0 Å². The Morgan fingerprint density at radius 1 is 0.875 bits per heavy atom. The zero-order valence-electron chi connectivity index (χ0n) is 12.7. The molecule has 0 atom stereocenters. The van der Waals surface area contributed by atoms with Gasteiger partial charge in [-0.05, 0) is 30.3 Å². The van der Waals surface area contributed by atoms with Gasteiger partial charge in [-0.3, -0.25) is 4.72 Å². The van der Waals surface area contributed by atoms with Crippen LogP contribution < -0.4 is 14.2 Å². The maximum absolute atomic E-state index is 12.5. The maximum Gasteiger partial charge on any atom is 0.262 e. The molecule has 0 saturated carbocycles. The van der Waals surface area contributed by atoms with Crippen molar-refractivity contribution >= 4 is 25.5 Å². The van der Waals surface area contributed by atoms with Crippen molar-refractivity contribution in [2.24, 2.45) is 0 Å². The molecular weight excluding hydrogens is 354 g/mol. The summed E-state index contributed by atoms with van der Waals surface area (Å²) in [6, 6.07) is 9.91. The van der Waals surface area contributed by atoms with E-state index >= 15 is 0 Å². The second-order valence-corrected chi connectivity index (χ2v) is 8.91. The molecule has 128 valence electrons. The summed E-state index contributed by atoms with van der Waals surface area (Å²) >= 11 is 0. The van der Waals surface area contributed by atoms with Gasteiger partial charge in [0, 0.05) is 12.3 Å². The molecule has 2 aromatic carbocycles. The summed E-state index contributed by atoms with van der Waals surface area (Å²) in [5.74, 6) is 0.841. The molecule has 0 unspecified atom stereocenters. The summed E-state index contributed by atoms with van der Waals surface area (Å²) in [5.41, 5.74) is 0.160. The van der Waals surface area contributed by atoms with Gasteiger partial charge in [0.15, 0.2) is 21.3 Å². The van der Waals surface area contributed by atoms with E-state index < -0.39 is 19.9 Å². The third kappa shape index (κ3) is 3.46. The van der Waals surface area contributed by atoms with Gasteiger partial charge in [-0.1, -0.05) is 6.07 Å². The summed E-state index contributed by atoms with van der Waals surface area (Å²) < 4.78 is 61.2. The summed E-state index contributed by atoms with van der Waals surface area (Å²) in [6.45, 7) is 0.760. The van der Waals surface area contributed by atoms with E-state index in [1.54, 1.807) is 0 Å². The summed E-state index contributed by atoms with van der Waals surface area (Å²) in [7, 11) is -7.32. The van der Waals surface area contributed by atoms with Crippen molar-refractivity contribution in [2.75, 3.05) is 24.2 Å². The molecule has 0 bridgehead atoms. The number of hydrogen-bond donors (Lipinski definition) is 1. The lowest BCUT2D eigenvalue weighted by Gasteiger charge is -2.19. The first kappa shape index (κ1) is 16.6. The predicted molar refractivity (Wildman–Crippen MR) is 87.8 cm³/mol. The Hall–Kier alpha value is -2.26. The molecule has 24 heavy (non-hydrogen) atoms. The molecule has 2 aromatic rings. The number of ether oxygens (including phenoxy) is 2. The number of sulfone groups is 1. The van der Waals surface area contributed by atoms with Crippen LogP contribution in [0, 0.1) is 0 Å². The molecule has 1 N–H and O–H groups in total. The number of benzene rings is 2. The van der Waals surface area contributed by atoms with Crippen molar-refractivity contribution < 1.29 is 26.3 Å². The average molecular weight is 369 g/mol. The van der Waals surface area contributed by atoms with Gasteiger partial charge in [-0.25, -0.2) is 16.8 Å². The highest BCUT2D eigenvalue weighted by atomic mass is 32.2. The SMILES string of the molecule is CS(=O)(=O)c1cccc(NS(=O)(=O)c2ccc3c(c2)OCCO3)c1. The van der Waals surface area contributed by atoms with Gasteiger partial charge in [-0.15, -0.1) is 0 Å². The molecular formula is C15H15NO6S2. The van der Waals surface area contributed by atoms with Crippen molar-refractivity contribution in [3.63, 3.8) is 0 Å². The normalized spacial score (nSPS) is 14.2. The highest BCUT2D eigenvalue weighted by Crippen LogP contribution is 2.32. The first-order chi connectivity index (χ1) is 11.3. The van der Waals surface area contributed by atoms with Crippen molar-refractivity contribution in [3.8, 4) is 11.5 Å². The van der Waals surface area contributed by atoms with Crippen molar-refractivity contribution in [1.29, 1.82) is 0 Å². The van der Waals surface area contributed by atoms with Crippen LogP contribution in [0.2, 0.25) is 0 Å². The number of anilines is 1. The topological polar surface area (TPSA) is 98.8 Å². The molecule has 0 amide bonds. The minimum Gasteiger partial charge on any atom is -0.486 e. The zero-order chi connectivity index (χ0) is 17.4. The Morgan fingerprint density at radius 3 is 2.29 bits per heavy atom. The molecule has 1 heterocycles. The largest absolute Gasteiger partial charge is 0.486 e. The molecule has 3 rings (SSSR count). The minimum atomic E-state index is -3.89. The minimum absolute atomic E-state index is 0.00323. The van der Waals surface area contributed by atoms with E-state index in [4.69, 9.17) is 9.47 Å². The Balaban J connectivity index is 1.92. The van der Waals surface area contributed by atoms with Crippen LogP contribution >= 0.6 is 0 Å². The molecule has 0 aliphatic carbocycles. The third-order valence-corrected chi connectivity index (χ3v) is 5.83. The molecule has 0 radical (unpaired) electrons. The maximum atomic E-state index is 12.5. The smallest absolute Gasteiger partial charge is 0.262 e. The van der Waals surface area contributed by atoms with Crippen LogP contribution in [0.4, 0.5) is 5.69 Å². The van der Waals surface area contributed by atoms with Crippen LogP contribution in [-0.4, -0.2) is 36.3 Å². The Morgan fingerprint density at radius 2 is 1.58 bits per heavy atom. The Bertz CT molecular complexity index is 983. The quantitative estimate of drug-likeness (QED) is 0.880. The zero-order valence-corrected chi connectivity index (χ0v) is 14.4. The standard InChI is InChI=1S/C15H15NO6S2/c1-23(17,18)12-4-2-3-11(9-12)16-24(19,20)13-5-6-14-15(10-13)22-8-7-21-14/h2-6,9-10,16H,7-8H2,1H3. The predicted octanol–water partition coefficient (Wildman–Crippen LogP) is 1.66. The van der Waals surface area contributed by atoms with Crippen molar-refractivity contribution in [1.82, 2.24) is 0 Å². The second-order valence-electron chi connectivity index (χ2n) is 5.21. The molecule has 1 aliphatic heterocycles. The van der Waals surface area contributed by atoms with Crippen molar-refractivity contribution in [3.05, 3.63) is 42.5 Å². The molecule has 0 spiro atoms. The monoisotopic (exact) mass is 369 g/mol. The van der Waals surface area contributed by atoms with Crippen LogP contribution in [-0.2, 0) is 19.9 Å². The first-order valence-corrected chi connectivity index (χ1v) is 10.4. The van der Waals surface area contributed by atoms with Crippen LogP contribution in [0.5, 0.6) is 11.5 Å². The van der Waals surface area contributed by atoms with Crippen LogP contribution in [0.25, 0.3) is 0 Å². The summed E-state index contributed by atoms with van der Waals surface area (Å²) in [4.78, 5) is 0.0291. The van der Waals surface area contributed by atoms with Crippen LogP contribution in [0.1, 0.15) is 0 Å². The highest BCUT2D eigenvalue weighted by Gasteiger charge is 2.20. The lowest BCUT2D eigenvalue weighted by molar-refractivity contribution is 0.171. The number of hydrogen-bond acceptors (Lipinski definition) is 6. The fraction of sp³-hybridized carbons (Fsp3) is 0.200. The van der Waals surface area contributed by atoms with E-state index in [9.17, 15) is 16.8 Å². The second kappa shape index (κ2) is 5.99. The third-order valence-electron chi connectivity index (χ3n) is 3.34. The molecule has 0 saturated heterocycles. The number of fused-ring (bicyclic) bond motifs is 1. The first-order valence-electron chi connectivity index (χ1n) is 6.98. The average Bonchev–Trinajstić information content (AvgIpc) is 2.53.